The van der Waals surface area contributed by atoms with Crippen LogP contribution in [0.2, 0.25) is 10.2 Å². The SMILES string of the molecule is COc1ccc(-c2nc(Cl)c3cc(Cl)ccc3n2)c(F)c1. The summed E-state index contributed by atoms with van der Waals surface area (Å²) in [5.74, 6) is 0.170. The summed E-state index contributed by atoms with van der Waals surface area (Å²) in [5, 5.41) is 1.39. The van der Waals surface area contributed by atoms with Crippen molar-refractivity contribution in [3.8, 4) is 17.1 Å². The van der Waals surface area contributed by atoms with Gasteiger partial charge in [0.25, 0.3) is 0 Å². The zero-order valence-corrected chi connectivity index (χ0v) is 12.4. The summed E-state index contributed by atoms with van der Waals surface area (Å²) in [5.41, 5.74) is 0.860. The second kappa shape index (κ2) is 5.47. The lowest BCUT2D eigenvalue weighted by Gasteiger charge is -2.07. The molecule has 0 aliphatic carbocycles. The molecule has 106 valence electrons. The number of hydrogen-bond donors (Lipinski definition) is 0. The second-order valence-electron chi connectivity index (χ2n) is 4.35. The van der Waals surface area contributed by atoms with Gasteiger partial charge in [0.1, 0.15) is 16.7 Å². The third-order valence-corrected chi connectivity index (χ3v) is 3.55. The third kappa shape index (κ3) is 2.64. The number of benzene rings is 2. The smallest absolute Gasteiger partial charge is 0.164 e. The molecule has 0 saturated heterocycles. The Bertz CT molecular complexity index is 839. The van der Waals surface area contributed by atoms with E-state index in [-0.39, 0.29) is 16.5 Å². The summed E-state index contributed by atoms with van der Waals surface area (Å²) in [6, 6.07) is 9.56. The van der Waals surface area contributed by atoms with Gasteiger partial charge in [0, 0.05) is 16.5 Å². The fourth-order valence-electron chi connectivity index (χ4n) is 1.99. The Kier molecular flexibility index (Phi) is 3.66. The molecule has 0 saturated carbocycles. The number of methoxy groups -OCH3 is 1. The van der Waals surface area contributed by atoms with Crippen molar-refractivity contribution in [2.75, 3.05) is 7.11 Å². The summed E-state index contributed by atoms with van der Waals surface area (Å²) >= 11 is 12.1. The Hall–Kier alpha value is -1.91. The minimum absolute atomic E-state index is 0.218. The van der Waals surface area contributed by atoms with Gasteiger partial charge in [0.05, 0.1) is 18.2 Å². The maximum Gasteiger partial charge on any atom is 0.164 e. The first-order chi connectivity index (χ1) is 10.1. The summed E-state index contributed by atoms with van der Waals surface area (Å²) < 4.78 is 19.1. The van der Waals surface area contributed by atoms with Gasteiger partial charge >= 0.3 is 0 Å². The van der Waals surface area contributed by atoms with Crippen LogP contribution in [-0.4, -0.2) is 17.1 Å². The van der Waals surface area contributed by atoms with E-state index < -0.39 is 5.82 Å². The first-order valence-corrected chi connectivity index (χ1v) is 6.81. The van der Waals surface area contributed by atoms with Crippen LogP contribution in [0.3, 0.4) is 0 Å². The average Bonchev–Trinajstić information content (AvgIpc) is 2.47. The maximum absolute atomic E-state index is 14.1. The number of rotatable bonds is 2. The summed E-state index contributed by atoms with van der Waals surface area (Å²) in [6.07, 6.45) is 0. The Morgan fingerprint density at radius 3 is 2.57 bits per heavy atom. The van der Waals surface area contributed by atoms with Crippen molar-refractivity contribution in [1.29, 1.82) is 0 Å². The highest BCUT2D eigenvalue weighted by atomic mass is 35.5. The van der Waals surface area contributed by atoms with Crippen LogP contribution in [0.4, 0.5) is 4.39 Å². The average molecular weight is 323 g/mol. The normalized spacial score (nSPS) is 10.9. The van der Waals surface area contributed by atoms with Crippen LogP contribution in [0.15, 0.2) is 36.4 Å². The van der Waals surface area contributed by atoms with Crippen LogP contribution in [0.1, 0.15) is 0 Å². The lowest BCUT2D eigenvalue weighted by molar-refractivity contribution is 0.411. The van der Waals surface area contributed by atoms with Gasteiger partial charge in [-0.25, -0.2) is 14.4 Å². The van der Waals surface area contributed by atoms with Crippen molar-refractivity contribution in [3.63, 3.8) is 0 Å². The Labute approximate surface area is 130 Å². The Balaban J connectivity index is 2.19. The molecule has 0 spiro atoms. The van der Waals surface area contributed by atoms with E-state index >= 15 is 0 Å². The first kappa shape index (κ1) is 14.0. The van der Waals surface area contributed by atoms with Crippen LogP contribution in [0, 0.1) is 5.82 Å². The van der Waals surface area contributed by atoms with Crippen LogP contribution >= 0.6 is 23.2 Å². The van der Waals surface area contributed by atoms with E-state index in [2.05, 4.69) is 9.97 Å². The van der Waals surface area contributed by atoms with E-state index in [1.54, 1.807) is 30.3 Å². The topological polar surface area (TPSA) is 35.0 Å². The van der Waals surface area contributed by atoms with Gasteiger partial charge in [0.15, 0.2) is 5.82 Å². The first-order valence-electron chi connectivity index (χ1n) is 6.05. The van der Waals surface area contributed by atoms with E-state index in [9.17, 15) is 4.39 Å². The zero-order chi connectivity index (χ0) is 15.0. The predicted octanol–water partition coefficient (Wildman–Crippen LogP) is 4.75. The van der Waals surface area contributed by atoms with Crippen LogP contribution in [0.25, 0.3) is 22.3 Å². The minimum atomic E-state index is -0.473. The number of nitrogens with zero attached hydrogens (tertiary/aromatic N) is 2. The molecule has 1 aromatic heterocycles. The van der Waals surface area contributed by atoms with E-state index in [4.69, 9.17) is 27.9 Å². The van der Waals surface area contributed by atoms with E-state index in [1.165, 1.54) is 13.2 Å². The fraction of sp³-hybridized carbons (Fsp3) is 0.0667. The minimum Gasteiger partial charge on any atom is -0.497 e. The molecule has 3 rings (SSSR count). The van der Waals surface area contributed by atoms with Gasteiger partial charge in [-0.1, -0.05) is 23.2 Å². The molecule has 0 amide bonds. The molecule has 0 aliphatic heterocycles. The maximum atomic E-state index is 14.1. The van der Waals surface area contributed by atoms with Crippen molar-refractivity contribution >= 4 is 34.1 Å². The van der Waals surface area contributed by atoms with Crippen LogP contribution in [0.5, 0.6) is 5.75 Å². The van der Waals surface area contributed by atoms with Crippen molar-refractivity contribution < 1.29 is 9.13 Å². The van der Waals surface area contributed by atoms with Gasteiger partial charge in [0.2, 0.25) is 0 Å². The summed E-state index contributed by atoms with van der Waals surface area (Å²) in [4.78, 5) is 8.47. The lowest BCUT2D eigenvalue weighted by atomic mass is 10.1. The highest BCUT2D eigenvalue weighted by Crippen LogP contribution is 2.29. The van der Waals surface area contributed by atoms with E-state index in [0.717, 1.165) is 0 Å². The lowest BCUT2D eigenvalue weighted by Crippen LogP contribution is -1.95. The standard InChI is InChI=1S/C15H9Cl2FN2O/c1-21-9-3-4-10(12(18)7-9)15-19-13-5-2-8(16)6-11(13)14(17)20-15/h2-7H,1H3. The van der Waals surface area contributed by atoms with Gasteiger partial charge in [-0.2, -0.15) is 0 Å². The highest BCUT2D eigenvalue weighted by molar-refractivity contribution is 6.35. The van der Waals surface area contributed by atoms with Gasteiger partial charge < -0.3 is 4.74 Å². The molecular weight excluding hydrogens is 314 g/mol. The van der Waals surface area contributed by atoms with Gasteiger partial charge in [-0.05, 0) is 30.3 Å². The third-order valence-electron chi connectivity index (χ3n) is 3.03. The van der Waals surface area contributed by atoms with Gasteiger partial charge in [-0.15, -0.1) is 0 Å². The molecule has 0 unspecified atom stereocenters. The molecule has 0 atom stereocenters. The van der Waals surface area contributed by atoms with E-state index in [1.807, 2.05) is 0 Å². The molecule has 0 fully saturated rings. The molecule has 3 aromatic rings. The molecule has 0 N–H and O–H groups in total. The Morgan fingerprint density at radius 2 is 1.86 bits per heavy atom. The number of aromatic nitrogens is 2. The zero-order valence-electron chi connectivity index (χ0n) is 10.9. The summed E-state index contributed by atoms with van der Waals surface area (Å²) in [6.45, 7) is 0. The Morgan fingerprint density at radius 1 is 1.05 bits per heavy atom. The van der Waals surface area contributed by atoms with Crippen LogP contribution in [-0.2, 0) is 0 Å². The number of fused-ring (bicyclic) bond motifs is 1. The van der Waals surface area contributed by atoms with Crippen molar-refractivity contribution in [1.82, 2.24) is 9.97 Å². The molecule has 0 bridgehead atoms. The van der Waals surface area contributed by atoms with Crippen LogP contribution < -0.4 is 4.74 Å². The fourth-order valence-corrected chi connectivity index (χ4v) is 2.39. The highest BCUT2D eigenvalue weighted by Gasteiger charge is 2.13. The number of hydrogen-bond acceptors (Lipinski definition) is 3. The molecule has 2 aromatic carbocycles. The second-order valence-corrected chi connectivity index (χ2v) is 5.14. The quantitative estimate of drug-likeness (QED) is 0.638. The molecule has 0 aliphatic rings. The van der Waals surface area contributed by atoms with Gasteiger partial charge in [-0.3, -0.25) is 0 Å². The van der Waals surface area contributed by atoms with E-state index in [0.29, 0.717) is 21.7 Å². The van der Waals surface area contributed by atoms with Crippen molar-refractivity contribution in [2.45, 2.75) is 0 Å². The molecule has 1 heterocycles. The largest absolute Gasteiger partial charge is 0.497 e. The monoisotopic (exact) mass is 322 g/mol. The number of halogens is 3. The molecule has 21 heavy (non-hydrogen) atoms. The predicted molar refractivity (Wildman–Crippen MR) is 81.5 cm³/mol. The number of ether oxygens (including phenoxy) is 1. The van der Waals surface area contributed by atoms with Crippen molar-refractivity contribution in [3.05, 3.63) is 52.4 Å². The van der Waals surface area contributed by atoms with Crippen molar-refractivity contribution in [2.24, 2.45) is 0 Å². The molecule has 3 nitrogen and oxygen atoms in total. The molecule has 0 radical (unpaired) electrons. The summed E-state index contributed by atoms with van der Waals surface area (Å²) in [7, 11) is 1.47. The molecule has 6 heteroatoms. The molecular formula is C15H9Cl2FN2O.